The Morgan fingerprint density at radius 2 is 2.31 bits per heavy atom. The predicted molar refractivity (Wildman–Crippen MR) is 54.4 cm³/mol. The fourth-order valence-electron chi connectivity index (χ4n) is 1.31. The van der Waals surface area contributed by atoms with E-state index in [-0.39, 0.29) is 29.0 Å². The third-order valence-electron chi connectivity index (χ3n) is 2.05. The molecule has 16 heavy (non-hydrogen) atoms. The van der Waals surface area contributed by atoms with E-state index in [1.54, 1.807) is 6.07 Å². The van der Waals surface area contributed by atoms with Crippen molar-refractivity contribution >= 4 is 12.0 Å². The van der Waals surface area contributed by atoms with Crippen LogP contribution in [0.25, 0.3) is 0 Å². The molecule has 0 saturated heterocycles. The van der Waals surface area contributed by atoms with Gasteiger partial charge in [0.1, 0.15) is 5.75 Å². The lowest BCUT2D eigenvalue weighted by atomic mass is 10.0. The van der Waals surface area contributed by atoms with Gasteiger partial charge in [-0.25, -0.2) is 0 Å². The molecule has 6 heteroatoms. The van der Waals surface area contributed by atoms with Gasteiger partial charge in [-0.1, -0.05) is 0 Å². The number of hydrogen-bond donors (Lipinski definition) is 0. The summed E-state index contributed by atoms with van der Waals surface area (Å²) in [5, 5.41) is 19.3. The smallest absolute Gasteiger partial charge is 0.278 e. The van der Waals surface area contributed by atoms with Crippen LogP contribution in [0.3, 0.4) is 0 Å². The molecule has 6 nitrogen and oxygen atoms in total. The molecule has 0 fully saturated rings. The minimum absolute atomic E-state index is 0.104. The molecular formula is C10H8N2O4. The average Bonchev–Trinajstić information content (AvgIpc) is 2.29. The van der Waals surface area contributed by atoms with Crippen molar-refractivity contribution in [3.8, 4) is 11.8 Å². The predicted octanol–water partition coefficient (Wildman–Crippen LogP) is 1.48. The molecule has 82 valence electrons. The van der Waals surface area contributed by atoms with Gasteiger partial charge in [0.2, 0.25) is 0 Å². The highest BCUT2D eigenvalue weighted by molar-refractivity contribution is 5.81. The average molecular weight is 220 g/mol. The van der Waals surface area contributed by atoms with E-state index in [2.05, 4.69) is 0 Å². The van der Waals surface area contributed by atoms with Crippen LogP contribution in [-0.2, 0) is 6.42 Å². The van der Waals surface area contributed by atoms with E-state index in [0.29, 0.717) is 6.29 Å². The van der Waals surface area contributed by atoms with E-state index in [9.17, 15) is 14.9 Å². The number of carbonyl (C=O) groups excluding carboxylic acids is 1. The van der Waals surface area contributed by atoms with Gasteiger partial charge in [-0.15, -0.1) is 0 Å². The lowest BCUT2D eigenvalue weighted by molar-refractivity contribution is -0.385. The first-order valence-electron chi connectivity index (χ1n) is 4.31. The third-order valence-corrected chi connectivity index (χ3v) is 2.05. The zero-order valence-electron chi connectivity index (χ0n) is 8.47. The van der Waals surface area contributed by atoms with Gasteiger partial charge in [0.15, 0.2) is 6.29 Å². The van der Waals surface area contributed by atoms with Crippen molar-refractivity contribution in [2.45, 2.75) is 6.42 Å². The molecule has 0 N–H and O–H groups in total. The van der Waals surface area contributed by atoms with Crippen LogP contribution in [0.15, 0.2) is 12.1 Å². The normalized spacial score (nSPS) is 9.25. The second kappa shape index (κ2) is 4.89. The molecule has 0 aliphatic heterocycles. The van der Waals surface area contributed by atoms with Crippen LogP contribution in [0.5, 0.6) is 5.75 Å². The summed E-state index contributed by atoms with van der Waals surface area (Å²) in [6.07, 6.45) is 0.288. The van der Waals surface area contributed by atoms with Gasteiger partial charge in [0.25, 0.3) is 5.69 Å². The Morgan fingerprint density at radius 3 is 2.75 bits per heavy atom. The topological polar surface area (TPSA) is 93.2 Å². The molecule has 1 aromatic rings. The number of nitriles is 1. The number of nitrogens with zero attached hydrogens (tertiary/aromatic N) is 2. The van der Waals surface area contributed by atoms with Gasteiger partial charge in [-0.3, -0.25) is 14.9 Å². The van der Waals surface area contributed by atoms with Gasteiger partial charge in [0.05, 0.1) is 36.2 Å². The Bertz CT molecular complexity index is 476. The van der Waals surface area contributed by atoms with Gasteiger partial charge < -0.3 is 4.74 Å². The second-order valence-electron chi connectivity index (χ2n) is 2.92. The summed E-state index contributed by atoms with van der Waals surface area (Å²) >= 11 is 0. The van der Waals surface area contributed by atoms with Crippen molar-refractivity contribution < 1.29 is 14.5 Å². The maximum Gasteiger partial charge on any atom is 0.278 e. The second-order valence-corrected chi connectivity index (χ2v) is 2.92. The van der Waals surface area contributed by atoms with E-state index in [1.165, 1.54) is 19.2 Å². The van der Waals surface area contributed by atoms with Crippen molar-refractivity contribution in [3.63, 3.8) is 0 Å². The molecule has 0 spiro atoms. The minimum atomic E-state index is -0.637. The van der Waals surface area contributed by atoms with E-state index in [4.69, 9.17) is 10.00 Å². The van der Waals surface area contributed by atoms with E-state index in [0.717, 1.165) is 0 Å². The molecule has 0 atom stereocenters. The summed E-state index contributed by atoms with van der Waals surface area (Å²) < 4.78 is 4.83. The first-order valence-corrected chi connectivity index (χ1v) is 4.31. The van der Waals surface area contributed by atoms with Gasteiger partial charge >= 0.3 is 0 Å². The maximum absolute atomic E-state index is 10.8. The fraction of sp³-hybridized carbons (Fsp3) is 0.200. The molecule has 1 rings (SSSR count). The quantitative estimate of drug-likeness (QED) is 0.435. The maximum atomic E-state index is 10.8. The number of benzene rings is 1. The summed E-state index contributed by atoms with van der Waals surface area (Å²) in [4.78, 5) is 20.9. The van der Waals surface area contributed by atoms with E-state index in [1.807, 2.05) is 0 Å². The van der Waals surface area contributed by atoms with Crippen molar-refractivity contribution in [1.82, 2.24) is 0 Å². The lowest BCUT2D eigenvalue weighted by Gasteiger charge is -2.05. The minimum Gasteiger partial charge on any atom is -0.496 e. The number of nitro groups is 1. The van der Waals surface area contributed by atoms with Crippen LogP contribution < -0.4 is 4.74 Å². The molecule has 0 bridgehead atoms. The molecule has 0 amide bonds. The molecule has 1 aromatic carbocycles. The van der Waals surface area contributed by atoms with Crippen molar-refractivity contribution in [1.29, 1.82) is 5.26 Å². The summed E-state index contributed by atoms with van der Waals surface area (Å²) in [7, 11) is 1.34. The third kappa shape index (κ3) is 2.15. The van der Waals surface area contributed by atoms with Gasteiger partial charge in [-0.05, 0) is 6.07 Å². The first-order chi connectivity index (χ1) is 7.63. The fourth-order valence-corrected chi connectivity index (χ4v) is 1.31. The van der Waals surface area contributed by atoms with Crippen LogP contribution in [0, 0.1) is 21.4 Å². The highest BCUT2D eigenvalue weighted by atomic mass is 16.6. The Hall–Kier alpha value is -2.42. The Balaban J connectivity index is 3.48. The number of ether oxygens (including phenoxy) is 1. The van der Waals surface area contributed by atoms with Crippen LogP contribution in [0.1, 0.15) is 15.9 Å². The Kier molecular flexibility index (Phi) is 3.56. The van der Waals surface area contributed by atoms with Crippen molar-refractivity contribution in [3.05, 3.63) is 33.4 Å². The molecule has 0 heterocycles. The summed E-state index contributed by atoms with van der Waals surface area (Å²) in [5.74, 6) is 0.218. The molecule has 0 aliphatic rings. The van der Waals surface area contributed by atoms with E-state index >= 15 is 0 Å². The van der Waals surface area contributed by atoms with Crippen LogP contribution in [-0.4, -0.2) is 18.3 Å². The zero-order valence-corrected chi connectivity index (χ0v) is 8.47. The number of hydrogen-bond acceptors (Lipinski definition) is 5. The summed E-state index contributed by atoms with van der Waals surface area (Å²) in [5.41, 5.74) is -0.0566. The summed E-state index contributed by atoms with van der Waals surface area (Å²) in [6, 6.07) is 4.35. The first kappa shape index (κ1) is 11.7. The number of nitro benzene ring substituents is 1. The van der Waals surface area contributed by atoms with Crippen molar-refractivity contribution in [2.75, 3.05) is 7.11 Å². The molecule has 0 aliphatic carbocycles. The summed E-state index contributed by atoms with van der Waals surface area (Å²) in [6.45, 7) is 0. The Morgan fingerprint density at radius 1 is 1.62 bits per heavy atom. The Labute approximate surface area is 91.2 Å². The van der Waals surface area contributed by atoms with Crippen LogP contribution in [0.4, 0.5) is 5.69 Å². The highest BCUT2D eigenvalue weighted by Gasteiger charge is 2.19. The van der Waals surface area contributed by atoms with Crippen LogP contribution >= 0.6 is 0 Å². The van der Waals surface area contributed by atoms with Gasteiger partial charge in [-0.2, -0.15) is 5.26 Å². The number of rotatable bonds is 4. The monoisotopic (exact) mass is 220 g/mol. The van der Waals surface area contributed by atoms with Gasteiger partial charge in [0, 0.05) is 5.56 Å². The number of aldehydes is 1. The zero-order chi connectivity index (χ0) is 12.1. The molecule has 0 aromatic heterocycles. The standard InChI is InChI=1S/C10H8N2O4/c1-16-8-4-7(6-13)9(2-3-11)10(5-8)12(14)15/h4-6H,2H2,1H3. The lowest BCUT2D eigenvalue weighted by Crippen LogP contribution is -2.01. The SMILES string of the molecule is COc1cc(C=O)c(CC#N)c([N+](=O)[O-])c1. The molecule has 0 unspecified atom stereocenters. The molecule has 0 saturated carbocycles. The largest absolute Gasteiger partial charge is 0.496 e. The van der Waals surface area contributed by atoms with Crippen molar-refractivity contribution in [2.24, 2.45) is 0 Å². The molecule has 0 radical (unpaired) electrons. The van der Waals surface area contributed by atoms with E-state index < -0.39 is 4.92 Å². The van der Waals surface area contributed by atoms with Crippen LogP contribution in [0.2, 0.25) is 0 Å². The number of methoxy groups -OCH3 is 1. The number of carbonyl (C=O) groups is 1. The molecular weight excluding hydrogens is 212 g/mol. The highest BCUT2D eigenvalue weighted by Crippen LogP contribution is 2.28.